The van der Waals surface area contributed by atoms with Crippen LogP contribution in [0.2, 0.25) is 5.02 Å². The number of nitrogens with zero attached hydrogens (tertiary/aromatic N) is 1. The molecule has 1 amide bonds. The molecule has 2 rings (SSSR count). The normalized spacial score (nSPS) is 19.3. The van der Waals surface area contributed by atoms with E-state index in [-0.39, 0.29) is 19.1 Å². The van der Waals surface area contributed by atoms with Gasteiger partial charge in [-0.3, -0.25) is 4.79 Å². The van der Waals surface area contributed by atoms with E-state index >= 15 is 0 Å². The highest BCUT2D eigenvalue weighted by atomic mass is 35.5. The Labute approximate surface area is 115 Å². The van der Waals surface area contributed by atoms with Crippen LogP contribution in [0.1, 0.15) is 15.9 Å². The Kier molecular flexibility index (Phi) is 4.07. The molecule has 5 nitrogen and oxygen atoms in total. The molecule has 0 saturated carbocycles. The van der Waals surface area contributed by atoms with Gasteiger partial charge in [-0.2, -0.15) is 0 Å². The second-order valence-corrected chi connectivity index (χ2v) is 4.82. The number of carboxylic acid groups (broad SMARTS) is 1. The molecule has 1 aromatic carbocycles. The Morgan fingerprint density at radius 2 is 2.21 bits per heavy atom. The van der Waals surface area contributed by atoms with Gasteiger partial charge in [0.05, 0.1) is 13.2 Å². The van der Waals surface area contributed by atoms with Crippen LogP contribution in [0.25, 0.3) is 0 Å². The van der Waals surface area contributed by atoms with Gasteiger partial charge >= 0.3 is 5.97 Å². The summed E-state index contributed by atoms with van der Waals surface area (Å²) in [4.78, 5) is 24.6. The average molecular weight is 284 g/mol. The van der Waals surface area contributed by atoms with Crippen LogP contribution in [0, 0.1) is 6.92 Å². The largest absolute Gasteiger partial charge is 0.479 e. The molecule has 1 heterocycles. The van der Waals surface area contributed by atoms with Gasteiger partial charge in [0.1, 0.15) is 0 Å². The van der Waals surface area contributed by atoms with Crippen LogP contribution in [-0.4, -0.2) is 47.7 Å². The Balaban J connectivity index is 2.14. The van der Waals surface area contributed by atoms with Crippen LogP contribution in [0.15, 0.2) is 18.2 Å². The van der Waals surface area contributed by atoms with E-state index in [4.69, 9.17) is 21.4 Å². The smallest absolute Gasteiger partial charge is 0.334 e. The minimum absolute atomic E-state index is 0.0552. The van der Waals surface area contributed by atoms with Gasteiger partial charge < -0.3 is 14.7 Å². The van der Waals surface area contributed by atoms with Crippen LogP contribution in [0.3, 0.4) is 0 Å². The number of carbonyl (C=O) groups is 2. The Hall–Kier alpha value is -1.59. The zero-order valence-electron chi connectivity index (χ0n) is 10.4. The number of aliphatic carboxylic acids is 1. The summed E-state index contributed by atoms with van der Waals surface area (Å²) >= 11 is 5.99. The van der Waals surface area contributed by atoms with E-state index in [1.165, 1.54) is 4.90 Å². The van der Waals surface area contributed by atoms with E-state index in [2.05, 4.69) is 0 Å². The van der Waals surface area contributed by atoms with E-state index < -0.39 is 12.1 Å². The zero-order chi connectivity index (χ0) is 14.0. The lowest BCUT2D eigenvalue weighted by atomic mass is 10.1. The third-order valence-electron chi connectivity index (χ3n) is 3.05. The van der Waals surface area contributed by atoms with Crippen molar-refractivity contribution >= 4 is 23.5 Å². The molecule has 1 unspecified atom stereocenters. The summed E-state index contributed by atoms with van der Waals surface area (Å²) in [6.45, 7) is 2.52. The summed E-state index contributed by atoms with van der Waals surface area (Å²) in [5.41, 5.74) is 1.35. The van der Waals surface area contributed by atoms with E-state index in [1.807, 2.05) is 6.92 Å². The number of hydrogen-bond acceptors (Lipinski definition) is 3. The number of hydrogen-bond donors (Lipinski definition) is 1. The fraction of sp³-hybridized carbons (Fsp3) is 0.385. The molecule has 1 aromatic rings. The maximum absolute atomic E-state index is 12.3. The fourth-order valence-corrected chi connectivity index (χ4v) is 2.07. The van der Waals surface area contributed by atoms with Crippen molar-refractivity contribution in [2.75, 3.05) is 19.7 Å². The van der Waals surface area contributed by atoms with Crippen LogP contribution >= 0.6 is 11.6 Å². The first kappa shape index (κ1) is 13.8. The molecular weight excluding hydrogens is 270 g/mol. The molecule has 6 heteroatoms. The topological polar surface area (TPSA) is 66.8 Å². The third-order valence-corrected chi connectivity index (χ3v) is 3.46. The standard InChI is InChI=1S/C13H14ClNO4/c1-8-2-3-9(6-10(8)14)12(16)15-4-5-19-11(7-15)13(17)18/h2-3,6,11H,4-5,7H2,1H3,(H,17,18). The molecule has 1 fully saturated rings. The maximum Gasteiger partial charge on any atom is 0.334 e. The minimum Gasteiger partial charge on any atom is -0.479 e. The highest BCUT2D eigenvalue weighted by Crippen LogP contribution is 2.19. The number of morpholine rings is 1. The summed E-state index contributed by atoms with van der Waals surface area (Å²) in [6.07, 6.45) is -0.960. The molecule has 102 valence electrons. The molecule has 0 radical (unpaired) electrons. The van der Waals surface area contributed by atoms with E-state index in [9.17, 15) is 9.59 Å². The van der Waals surface area contributed by atoms with Crippen molar-refractivity contribution in [2.24, 2.45) is 0 Å². The average Bonchev–Trinajstić information content (AvgIpc) is 2.41. The van der Waals surface area contributed by atoms with Crippen molar-refractivity contribution in [2.45, 2.75) is 13.0 Å². The molecule has 1 atom stereocenters. The van der Waals surface area contributed by atoms with Crippen molar-refractivity contribution in [1.82, 2.24) is 4.90 Å². The molecule has 0 bridgehead atoms. The minimum atomic E-state index is -1.06. The lowest BCUT2D eigenvalue weighted by Crippen LogP contribution is -2.48. The number of aryl methyl sites for hydroxylation is 1. The second-order valence-electron chi connectivity index (χ2n) is 4.41. The molecule has 0 aromatic heterocycles. The molecule has 0 aliphatic carbocycles. The quantitative estimate of drug-likeness (QED) is 0.895. The van der Waals surface area contributed by atoms with Gasteiger partial charge in [0.2, 0.25) is 0 Å². The number of halogens is 1. The monoisotopic (exact) mass is 283 g/mol. The predicted molar refractivity (Wildman–Crippen MR) is 69.5 cm³/mol. The van der Waals surface area contributed by atoms with Gasteiger partial charge in [-0.15, -0.1) is 0 Å². The molecule has 19 heavy (non-hydrogen) atoms. The molecule has 1 aliphatic rings. The highest BCUT2D eigenvalue weighted by Gasteiger charge is 2.29. The van der Waals surface area contributed by atoms with E-state index in [1.54, 1.807) is 18.2 Å². The van der Waals surface area contributed by atoms with Crippen molar-refractivity contribution in [3.63, 3.8) is 0 Å². The van der Waals surface area contributed by atoms with Gasteiger partial charge in [0, 0.05) is 17.1 Å². The second kappa shape index (κ2) is 5.59. The number of amides is 1. The van der Waals surface area contributed by atoms with Crippen LogP contribution in [0.5, 0.6) is 0 Å². The van der Waals surface area contributed by atoms with E-state index in [0.29, 0.717) is 17.1 Å². The maximum atomic E-state index is 12.3. The molecule has 0 spiro atoms. The van der Waals surface area contributed by atoms with Crippen molar-refractivity contribution in [3.8, 4) is 0 Å². The number of rotatable bonds is 2. The number of carbonyl (C=O) groups excluding carboxylic acids is 1. The van der Waals surface area contributed by atoms with Gasteiger partial charge in [-0.25, -0.2) is 4.79 Å². The SMILES string of the molecule is Cc1ccc(C(=O)N2CCOC(C(=O)O)C2)cc1Cl. The van der Waals surface area contributed by atoms with E-state index in [0.717, 1.165) is 5.56 Å². The Morgan fingerprint density at radius 1 is 1.47 bits per heavy atom. The number of benzene rings is 1. The summed E-state index contributed by atoms with van der Waals surface area (Å²) in [5.74, 6) is -1.28. The summed E-state index contributed by atoms with van der Waals surface area (Å²) < 4.78 is 5.08. The zero-order valence-corrected chi connectivity index (χ0v) is 11.2. The van der Waals surface area contributed by atoms with Crippen LogP contribution in [-0.2, 0) is 9.53 Å². The molecule has 1 N–H and O–H groups in total. The van der Waals surface area contributed by atoms with Crippen molar-refractivity contribution in [1.29, 1.82) is 0 Å². The molecule has 1 aliphatic heterocycles. The summed E-state index contributed by atoms with van der Waals surface area (Å²) in [7, 11) is 0. The predicted octanol–water partition coefficient (Wildman–Crippen LogP) is 1.57. The first-order valence-corrected chi connectivity index (χ1v) is 6.26. The molecule has 1 saturated heterocycles. The lowest BCUT2D eigenvalue weighted by molar-refractivity contribution is -0.154. The van der Waals surface area contributed by atoms with Crippen LogP contribution < -0.4 is 0 Å². The Morgan fingerprint density at radius 3 is 2.84 bits per heavy atom. The van der Waals surface area contributed by atoms with Gasteiger partial charge in [0.25, 0.3) is 5.91 Å². The van der Waals surface area contributed by atoms with Gasteiger partial charge in [-0.05, 0) is 24.6 Å². The fourth-order valence-electron chi connectivity index (χ4n) is 1.89. The summed E-state index contributed by atoms with van der Waals surface area (Å²) in [6, 6.07) is 5.06. The third kappa shape index (κ3) is 3.05. The van der Waals surface area contributed by atoms with Crippen molar-refractivity contribution in [3.05, 3.63) is 34.3 Å². The first-order valence-electron chi connectivity index (χ1n) is 5.89. The summed E-state index contributed by atoms with van der Waals surface area (Å²) in [5, 5.41) is 9.43. The number of ether oxygens (including phenoxy) is 1. The van der Waals surface area contributed by atoms with Gasteiger partial charge in [0.15, 0.2) is 6.10 Å². The Bertz CT molecular complexity index is 517. The van der Waals surface area contributed by atoms with Crippen molar-refractivity contribution < 1.29 is 19.4 Å². The molecular formula is C13H14ClNO4. The highest BCUT2D eigenvalue weighted by molar-refractivity contribution is 6.31. The lowest BCUT2D eigenvalue weighted by Gasteiger charge is -2.31. The number of carboxylic acids is 1. The first-order chi connectivity index (χ1) is 8.99. The van der Waals surface area contributed by atoms with Crippen LogP contribution in [0.4, 0.5) is 0 Å². The van der Waals surface area contributed by atoms with Gasteiger partial charge in [-0.1, -0.05) is 17.7 Å².